The molecule has 6 nitrogen and oxygen atoms in total. The van der Waals surface area contributed by atoms with E-state index in [1.807, 2.05) is 0 Å². The average Bonchev–Trinajstić information content (AvgIpc) is 2.97. The van der Waals surface area contributed by atoms with Gasteiger partial charge in [0, 0.05) is 17.8 Å². The molecule has 1 aromatic heterocycles. The molecule has 0 bridgehead atoms. The first kappa shape index (κ1) is 20.2. The number of nitrogens with one attached hydrogen (secondary N) is 1. The minimum absolute atomic E-state index is 0.0128. The largest absolute Gasteiger partial charge is 0.374 e. The molecule has 0 unspecified atom stereocenters. The van der Waals surface area contributed by atoms with E-state index in [0.717, 1.165) is 36.9 Å². The van der Waals surface area contributed by atoms with Gasteiger partial charge in [0.25, 0.3) is 0 Å². The molecule has 2 rings (SSSR count). The molecule has 0 radical (unpaired) electrons. The number of nitrogens with zero attached hydrogens (tertiary/aromatic N) is 1. The fourth-order valence-electron chi connectivity index (χ4n) is 2.04. The Morgan fingerprint density at radius 2 is 1.76 bits per heavy atom. The van der Waals surface area contributed by atoms with E-state index in [-0.39, 0.29) is 19.3 Å². The van der Waals surface area contributed by atoms with Crippen LogP contribution in [0.5, 0.6) is 0 Å². The first-order valence-electron chi connectivity index (χ1n) is 7.61. The Balaban J connectivity index is 2.46. The molecule has 138 valence electrons. The monoisotopic (exact) mass is 422 g/mol. The maximum Gasteiger partial charge on any atom is 0.226 e. The molecule has 0 aliphatic carbocycles. The maximum absolute atomic E-state index is 12.9. The van der Waals surface area contributed by atoms with Crippen LogP contribution in [-0.2, 0) is 19.7 Å². The predicted octanol–water partition coefficient (Wildman–Crippen LogP) is 3.63. The van der Waals surface area contributed by atoms with Crippen molar-refractivity contribution in [3.05, 3.63) is 29.3 Å². The first-order chi connectivity index (χ1) is 11.7. The van der Waals surface area contributed by atoms with Gasteiger partial charge in [-0.3, -0.25) is 0 Å². The fraction of sp³-hybridized carbons (Fsp3) is 0.400. The third-order valence-corrected chi connectivity index (χ3v) is 8.11. The smallest absolute Gasteiger partial charge is 0.226 e. The van der Waals surface area contributed by atoms with E-state index in [4.69, 9.17) is 11.6 Å². The van der Waals surface area contributed by atoms with Crippen molar-refractivity contribution in [2.24, 2.45) is 0 Å². The SMILES string of the molecule is CCCCCNc1sc(S(C)(=O)=O)nc1S(=O)(=O)c1ccc(Cl)cc1. The van der Waals surface area contributed by atoms with Gasteiger partial charge in [-0.05, 0) is 30.7 Å². The lowest BCUT2D eigenvalue weighted by Gasteiger charge is -2.07. The van der Waals surface area contributed by atoms with Gasteiger partial charge in [0.15, 0.2) is 5.03 Å². The van der Waals surface area contributed by atoms with Gasteiger partial charge in [-0.2, -0.15) is 0 Å². The Morgan fingerprint density at radius 1 is 1.12 bits per heavy atom. The third kappa shape index (κ3) is 4.93. The van der Waals surface area contributed by atoms with Crippen LogP contribution < -0.4 is 5.32 Å². The molecule has 0 amide bonds. The minimum atomic E-state index is -3.95. The Kier molecular flexibility index (Phi) is 6.47. The molecule has 1 aromatic carbocycles. The van der Waals surface area contributed by atoms with E-state index in [9.17, 15) is 16.8 Å². The lowest BCUT2D eigenvalue weighted by atomic mass is 10.2. The topological polar surface area (TPSA) is 93.2 Å². The normalized spacial score (nSPS) is 12.3. The summed E-state index contributed by atoms with van der Waals surface area (Å²) in [7, 11) is -7.56. The Morgan fingerprint density at radius 3 is 2.32 bits per heavy atom. The zero-order valence-corrected chi connectivity index (χ0v) is 17.0. The van der Waals surface area contributed by atoms with E-state index in [0.29, 0.717) is 11.6 Å². The van der Waals surface area contributed by atoms with Gasteiger partial charge in [-0.25, -0.2) is 21.8 Å². The molecule has 10 heteroatoms. The summed E-state index contributed by atoms with van der Waals surface area (Å²) in [6.07, 6.45) is 3.87. The molecular weight excluding hydrogens is 404 g/mol. The van der Waals surface area contributed by atoms with Gasteiger partial charge in [0.2, 0.25) is 24.0 Å². The molecule has 0 saturated heterocycles. The molecule has 25 heavy (non-hydrogen) atoms. The second-order valence-electron chi connectivity index (χ2n) is 5.48. The van der Waals surface area contributed by atoms with Crippen LogP contribution in [0.2, 0.25) is 5.02 Å². The standard InChI is InChI=1S/C15H19ClN2O4S3/c1-3-4-5-10-17-13-14(18-15(23-13)24(2,19)20)25(21,22)12-8-6-11(16)7-9-12/h6-9,17H,3-5,10H2,1-2H3. The molecule has 1 N–H and O–H groups in total. The second kappa shape index (κ2) is 8.03. The molecule has 0 aliphatic heterocycles. The number of hydrogen-bond donors (Lipinski definition) is 1. The van der Waals surface area contributed by atoms with E-state index >= 15 is 0 Å². The maximum atomic E-state index is 12.9. The van der Waals surface area contributed by atoms with Gasteiger partial charge >= 0.3 is 0 Å². The van der Waals surface area contributed by atoms with Crippen LogP contribution in [0.3, 0.4) is 0 Å². The van der Waals surface area contributed by atoms with Gasteiger partial charge in [-0.1, -0.05) is 42.7 Å². The van der Waals surface area contributed by atoms with Crippen molar-refractivity contribution >= 4 is 47.6 Å². The molecular formula is C15H19ClN2O4S3. The Hall–Kier alpha value is -1.16. The lowest BCUT2D eigenvalue weighted by Crippen LogP contribution is -2.08. The van der Waals surface area contributed by atoms with Crippen LogP contribution in [0.25, 0.3) is 0 Å². The summed E-state index contributed by atoms with van der Waals surface area (Å²) in [4.78, 5) is 3.91. The Bertz CT molecular complexity index is 936. The van der Waals surface area contributed by atoms with Crippen molar-refractivity contribution < 1.29 is 16.8 Å². The van der Waals surface area contributed by atoms with Crippen molar-refractivity contribution in [3.63, 3.8) is 0 Å². The van der Waals surface area contributed by atoms with E-state index in [1.165, 1.54) is 24.3 Å². The highest BCUT2D eigenvalue weighted by Gasteiger charge is 2.29. The van der Waals surface area contributed by atoms with Crippen LogP contribution in [0.4, 0.5) is 5.00 Å². The minimum Gasteiger partial charge on any atom is -0.374 e. The van der Waals surface area contributed by atoms with Crippen molar-refractivity contribution in [3.8, 4) is 0 Å². The summed E-state index contributed by atoms with van der Waals surface area (Å²) in [5, 5.41) is 3.40. The third-order valence-electron chi connectivity index (χ3n) is 3.34. The molecule has 0 saturated carbocycles. The van der Waals surface area contributed by atoms with Crippen LogP contribution in [0, 0.1) is 0 Å². The molecule has 0 atom stereocenters. The lowest BCUT2D eigenvalue weighted by molar-refractivity contribution is 0.591. The van der Waals surface area contributed by atoms with Crippen molar-refractivity contribution in [2.45, 2.75) is 40.4 Å². The summed E-state index contributed by atoms with van der Waals surface area (Å²) in [5.41, 5.74) is 0. The zero-order chi connectivity index (χ0) is 18.7. The van der Waals surface area contributed by atoms with Gasteiger partial charge in [-0.15, -0.1) is 0 Å². The average molecular weight is 423 g/mol. The van der Waals surface area contributed by atoms with E-state index < -0.39 is 19.7 Å². The molecule has 0 aliphatic rings. The van der Waals surface area contributed by atoms with Crippen LogP contribution in [-0.4, -0.2) is 34.6 Å². The number of sulfone groups is 2. The number of hydrogen-bond acceptors (Lipinski definition) is 7. The number of anilines is 1. The van der Waals surface area contributed by atoms with Crippen LogP contribution in [0.1, 0.15) is 26.2 Å². The van der Waals surface area contributed by atoms with Crippen molar-refractivity contribution in [2.75, 3.05) is 18.1 Å². The molecule has 0 fully saturated rings. The number of thiazole rings is 1. The van der Waals surface area contributed by atoms with Gasteiger partial charge in [0.05, 0.1) is 4.90 Å². The molecule has 2 aromatic rings. The highest BCUT2D eigenvalue weighted by atomic mass is 35.5. The second-order valence-corrected chi connectivity index (χ2v) is 11.0. The quantitative estimate of drug-likeness (QED) is 0.653. The summed E-state index contributed by atoms with van der Waals surface area (Å²) < 4.78 is 49.1. The number of halogens is 1. The summed E-state index contributed by atoms with van der Waals surface area (Å²) >= 11 is 6.63. The van der Waals surface area contributed by atoms with Crippen LogP contribution >= 0.6 is 22.9 Å². The fourth-order valence-corrected chi connectivity index (χ4v) is 5.71. The number of aromatic nitrogens is 1. The van der Waals surface area contributed by atoms with Crippen molar-refractivity contribution in [1.29, 1.82) is 0 Å². The van der Waals surface area contributed by atoms with E-state index in [2.05, 4.69) is 17.2 Å². The molecule has 0 spiro atoms. The summed E-state index contributed by atoms with van der Waals surface area (Å²) in [6.45, 7) is 2.60. The van der Waals surface area contributed by atoms with E-state index in [1.54, 1.807) is 0 Å². The van der Waals surface area contributed by atoms with Crippen molar-refractivity contribution in [1.82, 2.24) is 4.98 Å². The highest BCUT2D eigenvalue weighted by molar-refractivity contribution is 7.93. The molecule has 1 heterocycles. The van der Waals surface area contributed by atoms with Gasteiger partial charge < -0.3 is 5.32 Å². The number of benzene rings is 1. The first-order valence-corrected chi connectivity index (χ1v) is 12.2. The van der Waals surface area contributed by atoms with Gasteiger partial charge in [0.1, 0.15) is 5.00 Å². The summed E-state index contributed by atoms with van der Waals surface area (Å²) in [6, 6.07) is 5.68. The zero-order valence-electron chi connectivity index (χ0n) is 13.8. The van der Waals surface area contributed by atoms with Crippen LogP contribution in [0.15, 0.2) is 38.5 Å². The number of unbranched alkanes of at least 4 members (excludes halogenated alkanes) is 2. The highest BCUT2D eigenvalue weighted by Crippen LogP contribution is 2.34. The Labute approximate surface area is 157 Å². The predicted molar refractivity (Wildman–Crippen MR) is 100 cm³/mol. The summed E-state index contributed by atoms with van der Waals surface area (Å²) in [5.74, 6) is 0. The number of rotatable bonds is 8.